The van der Waals surface area contributed by atoms with E-state index in [-0.39, 0.29) is 0 Å². The molecule has 0 amide bonds. The van der Waals surface area contributed by atoms with Crippen LogP contribution in [0.4, 0.5) is 5.95 Å². The number of nitrogens with one attached hydrogen (secondary N) is 1. The molecule has 20 heavy (non-hydrogen) atoms. The van der Waals surface area contributed by atoms with Crippen LogP contribution < -0.4 is 4.90 Å². The van der Waals surface area contributed by atoms with E-state index in [1.165, 1.54) is 15.6 Å². The van der Waals surface area contributed by atoms with Gasteiger partial charge in [-0.15, -0.1) is 0 Å². The highest BCUT2D eigenvalue weighted by Crippen LogP contribution is 2.28. The SMILES string of the molecule is Brc1cccc2c1CCN(c1nc3ccccc3[nH]1)C2. The molecule has 1 N–H and O–H groups in total. The molecule has 2 heterocycles. The van der Waals surface area contributed by atoms with Crippen molar-refractivity contribution in [3.63, 3.8) is 0 Å². The first-order valence-corrected chi connectivity index (χ1v) is 7.56. The van der Waals surface area contributed by atoms with Gasteiger partial charge in [-0.2, -0.15) is 0 Å². The Morgan fingerprint density at radius 3 is 2.90 bits per heavy atom. The number of rotatable bonds is 1. The lowest BCUT2D eigenvalue weighted by atomic mass is 10.0. The maximum atomic E-state index is 4.69. The highest BCUT2D eigenvalue weighted by molar-refractivity contribution is 9.10. The predicted molar refractivity (Wildman–Crippen MR) is 85.0 cm³/mol. The number of hydrogen-bond acceptors (Lipinski definition) is 2. The molecule has 2 aromatic carbocycles. The quantitative estimate of drug-likeness (QED) is 0.735. The van der Waals surface area contributed by atoms with Crippen LogP contribution in [0.1, 0.15) is 11.1 Å². The third kappa shape index (κ3) is 1.91. The van der Waals surface area contributed by atoms with Gasteiger partial charge in [-0.3, -0.25) is 0 Å². The number of imidazole rings is 1. The third-order valence-electron chi connectivity index (χ3n) is 3.89. The topological polar surface area (TPSA) is 31.9 Å². The molecule has 0 saturated carbocycles. The van der Waals surface area contributed by atoms with Gasteiger partial charge < -0.3 is 9.88 Å². The van der Waals surface area contributed by atoms with Gasteiger partial charge in [0.05, 0.1) is 11.0 Å². The van der Waals surface area contributed by atoms with Crippen LogP contribution in [0, 0.1) is 0 Å². The summed E-state index contributed by atoms with van der Waals surface area (Å²) in [7, 11) is 0. The van der Waals surface area contributed by atoms with Crippen molar-refractivity contribution in [2.75, 3.05) is 11.4 Å². The normalized spacial score (nSPS) is 14.6. The van der Waals surface area contributed by atoms with Gasteiger partial charge in [-0.1, -0.05) is 40.2 Å². The van der Waals surface area contributed by atoms with Crippen molar-refractivity contribution >= 4 is 32.9 Å². The van der Waals surface area contributed by atoms with Crippen LogP contribution >= 0.6 is 15.9 Å². The van der Waals surface area contributed by atoms with Gasteiger partial charge >= 0.3 is 0 Å². The monoisotopic (exact) mass is 327 g/mol. The van der Waals surface area contributed by atoms with Crippen LogP contribution in [0.15, 0.2) is 46.9 Å². The minimum atomic E-state index is 0.911. The maximum absolute atomic E-state index is 4.69. The standard InChI is InChI=1S/C16H14BrN3/c17-13-5-3-4-11-10-20(9-8-12(11)13)16-18-14-6-1-2-7-15(14)19-16/h1-7H,8-10H2,(H,18,19). The van der Waals surface area contributed by atoms with E-state index >= 15 is 0 Å². The van der Waals surface area contributed by atoms with E-state index in [9.17, 15) is 0 Å². The number of benzene rings is 2. The summed E-state index contributed by atoms with van der Waals surface area (Å²) < 4.78 is 1.22. The van der Waals surface area contributed by atoms with Gasteiger partial charge in [-0.25, -0.2) is 4.98 Å². The Labute approximate surface area is 125 Å². The van der Waals surface area contributed by atoms with Gasteiger partial charge in [0.25, 0.3) is 0 Å². The predicted octanol–water partition coefficient (Wildman–Crippen LogP) is 3.89. The maximum Gasteiger partial charge on any atom is 0.204 e. The Kier molecular flexibility index (Phi) is 2.77. The fourth-order valence-corrected chi connectivity index (χ4v) is 3.44. The molecular formula is C16H14BrN3. The summed E-state index contributed by atoms with van der Waals surface area (Å²) in [5, 5.41) is 0. The van der Waals surface area contributed by atoms with Crippen molar-refractivity contribution in [3.8, 4) is 0 Å². The van der Waals surface area contributed by atoms with Crippen molar-refractivity contribution in [1.29, 1.82) is 0 Å². The van der Waals surface area contributed by atoms with Crippen LogP contribution in [0.25, 0.3) is 11.0 Å². The minimum absolute atomic E-state index is 0.911. The zero-order chi connectivity index (χ0) is 13.5. The summed E-state index contributed by atoms with van der Waals surface area (Å²) in [6.07, 6.45) is 1.05. The average Bonchev–Trinajstić information content (AvgIpc) is 2.91. The molecule has 0 saturated heterocycles. The molecule has 0 unspecified atom stereocenters. The number of nitrogens with zero attached hydrogens (tertiary/aromatic N) is 2. The highest BCUT2D eigenvalue weighted by atomic mass is 79.9. The van der Waals surface area contributed by atoms with E-state index in [4.69, 9.17) is 4.98 Å². The second kappa shape index (κ2) is 4.63. The van der Waals surface area contributed by atoms with Gasteiger partial charge in [0.1, 0.15) is 0 Å². The Bertz CT molecular complexity index is 745. The second-order valence-corrected chi connectivity index (χ2v) is 5.98. The summed E-state index contributed by atoms with van der Waals surface area (Å²) in [6.45, 7) is 1.91. The van der Waals surface area contributed by atoms with Crippen molar-refractivity contribution in [2.24, 2.45) is 0 Å². The number of fused-ring (bicyclic) bond motifs is 2. The number of halogens is 1. The summed E-state index contributed by atoms with van der Waals surface area (Å²) in [4.78, 5) is 10.4. The van der Waals surface area contributed by atoms with E-state index in [1.807, 2.05) is 18.2 Å². The summed E-state index contributed by atoms with van der Waals surface area (Å²) in [5.41, 5.74) is 4.94. The first-order chi connectivity index (χ1) is 9.81. The molecule has 1 aromatic heterocycles. The molecule has 100 valence electrons. The van der Waals surface area contributed by atoms with Crippen LogP contribution in [-0.4, -0.2) is 16.5 Å². The molecule has 4 heteroatoms. The lowest BCUT2D eigenvalue weighted by molar-refractivity contribution is 0.712. The lowest BCUT2D eigenvalue weighted by Gasteiger charge is -2.29. The molecule has 1 aliphatic heterocycles. The van der Waals surface area contributed by atoms with Crippen molar-refractivity contribution in [2.45, 2.75) is 13.0 Å². The average molecular weight is 328 g/mol. The van der Waals surface area contributed by atoms with Gasteiger partial charge in [-0.05, 0) is 35.7 Å². The van der Waals surface area contributed by atoms with E-state index < -0.39 is 0 Å². The number of hydrogen-bond donors (Lipinski definition) is 1. The Morgan fingerprint density at radius 1 is 1.10 bits per heavy atom. The summed E-state index contributed by atoms with van der Waals surface area (Å²) in [5.74, 6) is 0.969. The molecule has 0 bridgehead atoms. The molecule has 0 fully saturated rings. The highest BCUT2D eigenvalue weighted by Gasteiger charge is 2.20. The van der Waals surface area contributed by atoms with E-state index in [0.29, 0.717) is 0 Å². The minimum Gasteiger partial charge on any atom is -0.338 e. The van der Waals surface area contributed by atoms with E-state index in [2.05, 4.69) is 50.1 Å². The number of H-pyrrole nitrogens is 1. The number of para-hydroxylation sites is 2. The summed E-state index contributed by atoms with van der Waals surface area (Å²) >= 11 is 3.64. The number of anilines is 1. The fraction of sp³-hybridized carbons (Fsp3) is 0.188. The molecule has 1 aliphatic rings. The van der Waals surface area contributed by atoms with E-state index in [0.717, 1.165) is 36.5 Å². The van der Waals surface area contributed by atoms with Gasteiger partial charge in [0, 0.05) is 17.6 Å². The van der Waals surface area contributed by atoms with Gasteiger partial charge in [0.2, 0.25) is 5.95 Å². The zero-order valence-electron chi connectivity index (χ0n) is 10.9. The lowest BCUT2D eigenvalue weighted by Crippen LogP contribution is -2.31. The first-order valence-electron chi connectivity index (χ1n) is 6.77. The van der Waals surface area contributed by atoms with Gasteiger partial charge in [0.15, 0.2) is 0 Å². The molecule has 4 rings (SSSR count). The smallest absolute Gasteiger partial charge is 0.204 e. The van der Waals surface area contributed by atoms with Crippen LogP contribution in [0.5, 0.6) is 0 Å². The molecule has 3 nitrogen and oxygen atoms in total. The Hall–Kier alpha value is -1.81. The third-order valence-corrected chi connectivity index (χ3v) is 4.63. The zero-order valence-corrected chi connectivity index (χ0v) is 12.5. The van der Waals surface area contributed by atoms with Crippen LogP contribution in [0.3, 0.4) is 0 Å². The Morgan fingerprint density at radius 2 is 2.00 bits per heavy atom. The molecule has 0 atom stereocenters. The van der Waals surface area contributed by atoms with Crippen molar-refractivity contribution in [1.82, 2.24) is 9.97 Å². The largest absolute Gasteiger partial charge is 0.338 e. The van der Waals surface area contributed by atoms with Crippen LogP contribution in [-0.2, 0) is 13.0 Å². The van der Waals surface area contributed by atoms with Crippen molar-refractivity contribution in [3.05, 3.63) is 58.1 Å². The molecule has 3 aromatic rings. The molecule has 0 spiro atoms. The Balaban J connectivity index is 1.71. The van der Waals surface area contributed by atoms with E-state index in [1.54, 1.807) is 0 Å². The number of aromatic nitrogens is 2. The second-order valence-electron chi connectivity index (χ2n) is 5.13. The molecular weight excluding hydrogens is 314 g/mol. The molecule has 0 radical (unpaired) electrons. The first kappa shape index (κ1) is 12.0. The fourth-order valence-electron chi connectivity index (χ4n) is 2.83. The summed E-state index contributed by atoms with van der Waals surface area (Å²) in [6, 6.07) is 14.6. The van der Waals surface area contributed by atoms with Crippen molar-refractivity contribution < 1.29 is 0 Å². The number of aromatic amines is 1. The van der Waals surface area contributed by atoms with Crippen LogP contribution in [0.2, 0.25) is 0 Å². The molecule has 0 aliphatic carbocycles.